The minimum Gasteiger partial charge on any atom is -0.492 e. The van der Waals surface area contributed by atoms with Gasteiger partial charge in [-0.05, 0) is 63.4 Å². The average Bonchev–Trinajstić information content (AvgIpc) is 3.34. The monoisotopic (exact) mass is 451 g/mol. The van der Waals surface area contributed by atoms with Gasteiger partial charge in [0, 0.05) is 35.3 Å². The summed E-state index contributed by atoms with van der Waals surface area (Å²) in [6.07, 6.45) is 7.06. The number of pyridine rings is 1. The van der Waals surface area contributed by atoms with Crippen LogP contribution in [0.15, 0.2) is 65.5 Å². The first-order valence-electron chi connectivity index (χ1n) is 11.5. The molecule has 0 saturated heterocycles. The summed E-state index contributed by atoms with van der Waals surface area (Å²) in [5.41, 5.74) is 2.10. The predicted molar refractivity (Wildman–Crippen MR) is 125 cm³/mol. The molecule has 2 heterocycles. The summed E-state index contributed by atoms with van der Waals surface area (Å²) in [6, 6.07) is 11.4. The van der Waals surface area contributed by atoms with Gasteiger partial charge in [-0.1, -0.05) is 12.1 Å². The van der Waals surface area contributed by atoms with E-state index in [0.29, 0.717) is 24.3 Å². The summed E-state index contributed by atoms with van der Waals surface area (Å²) >= 11 is 0. The lowest BCUT2D eigenvalue weighted by atomic mass is 10.1. The third kappa shape index (κ3) is 6.94. The van der Waals surface area contributed by atoms with Gasteiger partial charge in [-0.3, -0.25) is 14.6 Å². The number of carboxylic acids is 1. The van der Waals surface area contributed by atoms with Gasteiger partial charge in [0.2, 0.25) is 0 Å². The van der Waals surface area contributed by atoms with Crippen LogP contribution >= 0.6 is 0 Å². The number of unbranched alkanes of at least 4 members (excludes halogenated alkanes) is 2. The Morgan fingerprint density at radius 2 is 1.94 bits per heavy atom. The van der Waals surface area contributed by atoms with Gasteiger partial charge >= 0.3 is 5.97 Å². The van der Waals surface area contributed by atoms with Crippen LogP contribution in [0.2, 0.25) is 0 Å². The molecule has 3 rings (SSSR count). The number of aromatic nitrogens is 1. The van der Waals surface area contributed by atoms with Crippen molar-refractivity contribution in [3.05, 3.63) is 72.2 Å². The summed E-state index contributed by atoms with van der Waals surface area (Å²) in [7, 11) is 0. The normalized spacial score (nSPS) is 11.6. The van der Waals surface area contributed by atoms with Gasteiger partial charge in [-0.2, -0.15) is 0 Å². The van der Waals surface area contributed by atoms with Crippen molar-refractivity contribution in [3.63, 3.8) is 0 Å². The zero-order valence-corrected chi connectivity index (χ0v) is 19.0. The third-order valence-corrected chi connectivity index (χ3v) is 5.21. The number of carbonyl (C=O) groups excluding carboxylic acids is 1. The fourth-order valence-corrected chi connectivity index (χ4v) is 3.39. The maximum atomic E-state index is 13.4. The topological polar surface area (TPSA) is 92.9 Å². The van der Waals surface area contributed by atoms with Gasteiger partial charge in [-0.25, -0.2) is 0 Å². The zero-order chi connectivity index (χ0) is 24.6. The van der Waals surface area contributed by atoms with Crippen molar-refractivity contribution in [2.45, 2.75) is 52.1 Å². The number of rotatable bonds is 12. The Balaban J connectivity index is 1.69. The molecule has 1 aromatic carbocycles. The van der Waals surface area contributed by atoms with E-state index in [4.69, 9.17) is 15.6 Å². The van der Waals surface area contributed by atoms with Crippen molar-refractivity contribution in [2.24, 2.45) is 0 Å². The maximum absolute atomic E-state index is 13.4. The van der Waals surface area contributed by atoms with Crippen molar-refractivity contribution >= 4 is 11.9 Å². The molecule has 3 aromatic rings. The lowest BCUT2D eigenvalue weighted by Gasteiger charge is -2.28. The van der Waals surface area contributed by atoms with Gasteiger partial charge in [0.15, 0.2) is 0 Å². The van der Waals surface area contributed by atoms with Crippen LogP contribution in [-0.2, 0) is 11.3 Å². The first-order chi connectivity index (χ1) is 16.3. The highest BCUT2D eigenvalue weighted by molar-refractivity contribution is 5.94. The molecule has 0 atom stereocenters. The predicted octanol–water partition coefficient (Wildman–Crippen LogP) is 5.42. The van der Waals surface area contributed by atoms with Gasteiger partial charge in [0.25, 0.3) is 5.91 Å². The lowest BCUT2D eigenvalue weighted by Crippen LogP contribution is -2.36. The quantitative estimate of drug-likeness (QED) is 0.370. The number of ether oxygens (including phenoxy) is 1. The van der Waals surface area contributed by atoms with Gasteiger partial charge in [0.1, 0.15) is 11.5 Å². The molecule has 1 amide bonds. The van der Waals surface area contributed by atoms with Crippen LogP contribution in [0.4, 0.5) is 0 Å². The number of hydrogen-bond acceptors (Lipinski definition) is 5. The van der Waals surface area contributed by atoms with E-state index < -0.39 is 12.0 Å². The molecule has 0 radical (unpaired) electrons. The Hall–Kier alpha value is -3.61. The second kappa shape index (κ2) is 11.9. The molecule has 0 saturated carbocycles. The smallest absolute Gasteiger partial charge is 0.303 e. The molecule has 2 aromatic heterocycles. The van der Waals surface area contributed by atoms with Crippen molar-refractivity contribution in [1.82, 2.24) is 9.88 Å². The molecule has 0 bridgehead atoms. The van der Waals surface area contributed by atoms with Crippen LogP contribution in [0.5, 0.6) is 5.75 Å². The minimum absolute atomic E-state index is 0.149. The summed E-state index contributed by atoms with van der Waals surface area (Å²) in [5.74, 6) is 0.213. The highest BCUT2D eigenvalue weighted by Gasteiger charge is 2.21. The van der Waals surface area contributed by atoms with Crippen LogP contribution in [0, 0.1) is 0 Å². The molecule has 0 fully saturated rings. The van der Waals surface area contributed by atoms with Crippen molar-refractivity contribution in [2.75, 3.05) is 6.61 Å². The van der Waals surface area contributed by atoms with E-state index >= 15 is 0 Å². The summed E-state index contributed by atoms with van der Waals surface area (Å²) in [5, 5.41) is 8.73. The van der Waals surface area contributed by atoms with Crippen LogP contribution in [-0.4, -0.2) is 39.5 Å². The third-order valence-electron chi connectivity index (χ3n) is 5.21. The summed E-state index contributed by atoms with van der Waals surface area (Å²) in [4.78, 5) is 29.6. The highest BCUT2D eigenvalue weighted by atomic mass is 16.5. The Bertz CT molecular complexity index is 1080. The van der Waals surface area contributed by atoms with Crippen LogP contribution < -0.4 is 4.74 Å². The molecule has 174 valence electrons. The zero-order valence-electron chi connectivity index (χ0n) is 20.0. The molecule has 0 spiro atoms. The number of amides is 1. The number of nitrogens with zero attached hydrogens (tertiary/aromatic N) is 2. The molecular formula is C26H30N2O5. The van der Waals surface area contributed by atoms with Gasteiger partial charge < -0.3 is 19.2 Å². The molecule has 0 aliphatic carbocycles. The number of benzene rings is 1. The second-order valence-corrected chi connectivity index (χ2v) is 7.93. The fraction of sp³-hybridized carbons (Fsp3) is 0.346. The largest absolute Gasteiger partial charge is 0.492 e. The van der Waals surface area contributed by atoms with Crippen LogP contribution in [0.25, 0.3) is 11.3 Å². The Labute approximate surface area is 195 Å². The Morgan fingerprint density at radius 1 is 1.15 bits per heavy atom. The SMILES string of the molecule is [2H]C(C)(C)N(Cc1ccncc1OCCCCCC(=O)O)C(=O)c1ccc(-c2ccco2)cc1. The molecule has 0 aliphatic heterocycles. The molecule has 7 nitrogen and oxygen atoms in total. The Kier molecular flexibility index (Phi) is 8.11. The Morgan fingerprint density at radius 3 is 2.61 bits per heavy atom. The lowest BCUT2D eigenvalue weighted by molar-refractivity contribution is -0.137. The summed E-state index contributed by atoms with van der Waals surface area (Å²) < 4.78 is 19.9. The van der Waals surface area contributed by atoms with Gasteiger partial charge in [-0.15, -0.1) is 0 Å². The molecule has 1 N–H and O–H groups in total. The number of furan rings is 1. The molecule has 33 heavy (non-hydrogen) atoms. The van der Waals surface area contributed by atoms with Gasteiger partial charge in [0.05, 0.1) is 27.0 Å². The van der Waals surface area contributed by atoms with E-state index in [2.05, 4.69) is 4.98 Å². The summed E-state index contributed by atoms with van der Waals surface area (Å²) in [6.45, 7) is 3.95. The second-order valence-electron chi connectivity index (χ2n) is 7.93. The highest BCUT2D eigenvalue weighted by Crippen LogP contribution is 2.24. The van der Waals surface area contributed by atoms with Crippen LogP contribution in [0.3, 0.4) is 0 Å². The number of aliphatic carboxylic acids is 1. The average molecular weight is 452 g/mol. The van der Waals surface area contributed by atoms with Crippen molar-refractivity contribution in [1.29, 1.82) is 0 Å². The first-order valence-corrected chi connectivity index (χ1v) is 11.0. The molecular weight excluding hydrogens is 420 g/mol. The molecule has 0 unspecified atom stereocenters. The maximum Gasteiger partial charge on any atom is 0.303 e. The van der Waals surface area contributed by atoms with E-state index in [-0.39, 0.29) is 18.9 Å². The minimum atomic E-state index is -1.17. The number of carboxylic acid groups (broad SMARTS) is 1. The van der Waals surface area contributed by atoms with E-state index in [1.54, 1.807) is 50.7 Å². The van der Waals surface area contributed by atoms with E-state index in [9.17, 15) is 9.59 Å². The molecule has 7 heteroatoms. The van der Waals surface area contributed by atoms with E-state index in [1.165, 1.54) is 4.90 Å². The van der Waals surface area contributed by atoms with Crippen molar-refractivity contribution < 1.29 is 25.2 Å². The number of carbonyl (C=O) groups is 2. The molecule has 0 aliphatic rings. The first kappa shape index (κ1) is 22.6. The number of hydrogen-bond donors (Lipinski definition) is 1. The standard InChI is InChI=1S/C26H30N2O5/c1-19(2)28(26(31)21-11-9-20(10-12-21)23-7-6-16-32-23)18-22-13-14-27-17-24(22)33-15-5-3-4-8-25(29)30/h6-7,9-14,16-17,19H,3-5,8,15,18H2,1-2H3,(H,29,30)/i19D. The fourth-order valence-electron chi connectivity index (χ4n) is 3.39. The van der Waals surface area contributed by atoms with Crippen molar-refractivity contribution in [3.8, 4) is 17.1 Å². The van der Waals surface area contributed by atoms with E-state index in [0.717, 1.165) is 29.7 Å². The van der Waals surface area contributed by atoms with E-state index in [1.807, 2.05) is 24.3 Å². The van der Waals surface area contributed by atoms with Crippen LogP contribution in [0.1, 0.15) is 56.8 Å².